The topological polar surface area (TPSA) is 49.3 Å². The summed E-state index contributed by atoms with van der Waals surface area (Å²) in [7, 11) is 0. The molecule has 2 N–H and O–H groups in total. The van der Waals surface area contributed by atoms with Crippen LogP contribution in [0.3, 0.4) is 0 Å². The van der Waals surface area contributed by atoms with Gasteiger partial charge in [0, 0.05) is 11.1 Å². The largest absolute Gasteiger partial charge is 0.384 e. The Labute approximate surface area is 124 Å². The van der Waals surface area contributed by atoms with Gasteiger partial charge in [0.1, 0.15) is 6.61 Å². The van der Waals surface area contributed by atoms with E-state index in [1.807, 2.05) is 50.2 Å². The molecule has 0 atom stereocenters. The van der Waals surface area contributed by atoms with Crippen molar-refractivity contribution in [2.45, 2.75) is 13.8 Å². The van der Waals surface area contributed by atoms with Crippen molar-refractivity contribution in [2.24, 2.45) is 0 Å². The zero-order valence-corrected chi connectivity index (χ0v) is 12.1. The maximum absolute atomic E-state index is 12.5. The number of hydrogen-bond donors (Lipinski definition) is 2. The van der Waals surface area contributed by atoms with Crippen LogP contribution in [0, 0.1) is 25.7 Å². The summed E-state index contributed by atoms with van der Waals surface area (Å²) >= 11 is 0. The molecule has 0 aliphatic rings. The molecule has 0 saturated heterocycles. The summed E-state index contributed by atoms with van der Waals surface area (Å²) in [6.07, 6.45) is 0. The minimum atomic E-state index is -0.209. The Morgan fingerprint density at radius 3 is 2.43 bits per heavy atom. The third-order valence-electron chi connectivity index (χ3n) is 3.19. The summed E-state index contributed by atoms with van der Waals surface area (Å²) < 4.78 is 0. The number of nitrogens with one attached hydrogen (secondary N) is 1. The second-order valence-electron chi connectivity index (χ2n) is 4.73. The number of para-hydroxylation sites is 1. The molecule has 0 aliphatic carbocycles. The Bertz CT molecular complexity index is 703. The number of aryl methyl sites for hydroxylation is 2. The zero-order valence-electron chi connectivity index (χ0n) is 12.1. The van der Waals surface area contributed by atoms with Gasteiger partial charge in [-0.3, -0.25) is 4.79 Å². The molecule has 3 heteroatoms. The van der Waals surface area contributed by atoms with Crippen LogP contribution in [0.2, 0.25) is 0 Å². The van der Waals surface area contributed by atoms with Gasteiger partial charge in [-0.15, -0.1) is 0 Å². The van der Waals surface area contributed by atoms with Crippen LogP contribution in [-0.4, -0.2) is 17.6 Å². The second kappa shape index (κ2) is 6.74. The van der Waals surface area contributed by atoms with Gasteiger partial charge < -0.3 is 10.4 Å². The van der Waals surface area contributed by atoms with Gasteiger partial charge in [0.2, 0.25) is 0 Å². The molecule has 0 radical (unpaired) electrons. The number of hydrogen-bond acceptors (Lipinski definition) is 2. The first kappa shape index (κ1) is 14.8. The number of benzene rings is 2. The second-order valence-corrected chi connectivity index (χ2v) is 4.73. The van der Waals surface area contributed by atoms with Gasteiger partial charge in [-0.2, -0.15) is 0 Å². The van der Waals surface area contributed by atoms with E-state index in [0.717, 1.165) is 11.1 Å². The number of anilines is 1. The molecular formula is C18H17NO2. The molecule has 3 nitrogen and oxygen atoms in total. The summed E-state index contributed by atoms with van der Waals surface area (Å²) in [5.41, 5.74) is 3.89. The molecule has 0 unspecified atom stereocenters. The molecule has 2 aromatic rings. The van der Waals surface area contributed by atoms with Gasteiger partial charge in [0.15, 0.2) is 0 Å². The van der Waals surface area contributed by atoms with Crippen LogP contribution in [0.5, 0.6) is 0 Å². The highest BCUT2D eigenvalue weighted by Crippen LogP contribution is 2.18. The summed E-state index contributed by atoms with van der Waals surface area (Å²) in [5, 5.41) is 11.7. The van der Waals surface area contributed by atoms with E-state index < -0.39 is 0 Å². The van der Waals surface area contributed by atoms with Crippen LogP contribution in [0.4, 0.5) is 5.69 Å². The molecule has 0 bridgehead atoms. The van der Waals surface area contributed by atoms with E-state index in [1.54, 1.807) is 6.07 Å². The molecule has 21 heavy (non-hydrogen) atoms. The van der Waals surface area contributed by atoms with Crippen LogP contribution in [0.15, 0.2) is 42.5 Å². The van der Waals surface area contributed by atoms with Crippen LogP contribution in [0.1, 0.15) is 27.0 Å². The molecule has 0 spiro atoms. The van der Waals surface area contributed by atoms with Gasteiger partial charge in [0.25, 0.3) is 5.91 Å². The predicted octanol–water partition coefficient (Wildman–Crippen LogP) is 2.90. The van der Waals surface area contributed by atoms with Crippen LogP contribution in [0.25, 0.3) is 0 Å². The number of aliphatic hydroxyl groups is 1. The molecule has 0 aromatic heterocycles. The summed E-state index contributed by atoms with van der Waals surface area (Å²) in [6.45, 7) is 3.62. The average Bonchev–Trinajstić information content (AvgIpc) is 2.46. The van der Waals surface area contributed by atoms with Gasteiger partial charge in [-0.25, -0.2) is 0 Å². The Morgan fingerprint density at radius 1 is 1.10 bits per heavy atom. The average molecular weight is 279 g/mol. The molecule has 0 saturated carbocycles. The fraction of sp³-hybridized carbons (Fsp3) is 0.167. The van der Waals surface area contributed by atoms with Crippen molar-refractivity contribution in [2.75, 3.05) is 11.9 Å². The van der Waals surface area contributed by atoms with E-state index in [4.69, 9.17) is 5.11 Å². The summed E-state index contributed by atoms with van der Waals surface area (Å²) in [4.78, 5) is 12.5. The van der Waals surface area contributed by atoms with Gasteiger partial charge in [0.05, 0.1) is 5.69 Å². The van der Waals surface area contributed by atoms with Crippen LogP contribution < -0.4 is 5.32 Å². The van der Waals surface area contributed by atoms with Crippen molar-refractivity contribution in [1.82, 2.24) is 0 Å². The Balaban J connectivity index is 2.32. The first-order valence-corrected chi connectivity index (χ1v) is 6.70. The lowest BCUT2D eigenvalue weighted by Gasteiger charge is -2.11. The first-order chi connectivity index (χ1) is 10.1. The van der Waals surface area contributed by atoms with Crippen molar-refractivity contribution < 1.29 is 9.90 Å². The Hall–Kier alpha value is -2.57. The molecule has 106 valence electrons. The smallest absolute Gasteiger partial charge is 0.256 e. The van der Waals surface area contributed by atoms with E-state index in [1.165, 1.54) is 0 Å². The first-order valence-electron chi connectivity index (χ1n) is 6.70. The molecule has 0 fully saturated rings. The van der Waals surface area contributed by atoms with E-state index in [9.17, 15) is 4.79 Å². The van der Waals surface area contributed by atoms with Crippen molar-refractivity contribution in [3.8, 4) is 11.8 Å². The highest BCUT2D eigenvalue weighted by atomic mass is 16.2. The Morgan fingerprint density at radius 2 is 1.76 bits per heavy atom. The lowest BCUT2D eigenvalue weighted by molar-refractivity contribution is 0.102. The van der Waals surface area contributed by atoms with Crippen molar-refractivity contribution in [3.63, 3.8) is 0 Å². The van der Waals surface area contributed by atoms with Crippen LogP contribution >= 0.6 is 0 Å². The molecular weight excluding hydrogens is 262 g/mol. The minimum Gasteiger partial charge on any atom is -0.384 e. The maximum atomic E-state index is 12.5. The fourth-order valence-corrected chi connectivity index (χ4v) is 2.19. The molecule has 1 amide bonds. The van der Waals surface area contributed by atoms with Gasteiger partial charge >= 0.3 is 0 Å². The molecule has 0 heterocycles. The quantitative estimate of drug-likeness (QED) is 0.830. The molecule has 2 aromatic carbocycles. The number of aliphatic hydroxyl groups excluding tert-OH is 1. The fourth-order valence-electron chi connectivity index (χ4n) is 2.19. The van der Waals surface area contributed by atoms with Crippen molar-refractivity contribution >= 4 is 11.6 Å². The zero-order chi connectivity index (χ0) is 15.2. The van der Waals surface area contributed by atoms with Crippen molar-refractivity contribution in [3.05, 3.63) is 64.7 Å². The van der Waals surface area contributed by atoms with E-state index in [0.29, 0.717) is 16.8 Å². The van der Waals surface area contributed by atoms with Gasteiger partial charge in [-0.05, 0) is 37.1 Å². The standard InChI is InChI=1S/C18H17NO2/c1-13-7-5-8-14(2)17(13)18(21)19-16-11-4-3-9-15(16)10-6-12-20/h3-5,7-9,11,20H,12H2,1-2H3,(H,19,21). The monoisotopic (exact) mass is 279 g/mol. The normalized spacial score (nSPS) is 9.67. The predicted molar refractivity (Wildman–Crippen MR) is 84.3 cm³/mol. The third-order valence-corrected chi connectivity index (χ3v) is 3.19. The molecule has 2 rings (SSSR count). The highest BCUT2D eigenvalue weighted by molar-refractivity contribution is 6.06. The number of carbonyl (C=O) groups excluding carboxylic acids is 1. The van der Waals surface area contributed by atoms with Crippen LogP contribution in [-0.2, 0) is 0 Å². The Kier molecular flexibility index (Phi) is 4.76. The van der Waals surface area contributed by atoms with E-state index >= 15 is 0 Å². The maximum Gasteiger partial charge on any atom is 0.256 e. The summed E-state index contributed by atoms with van der Waals surface area (Å²) in [5.74, 6) is 5.28. The van der Waals surface area contributed by atoms with E-state index in [2.05, 4.69) is 17.2 Å². The highest BCUT2D eigenvalue weighted by Gasteiger charge is 2.13. The van der Waals surface area contributed by atoms with E-state index in [-0.39, 0.29) is 12.5 Å². The minimum absolute atomic E-state index is 0.149. The SMILES string of the molecule is Cc1cccc(C)c1C(=O)Nc1ccccc1C#CCO. The third kappa shape index (κ3) is 3.50. The lowest BCUT2D eigenvalue weighted by Crippen LogP contribution is -2.15. The summed E-state index contributed by atoms with van der Waals surface area (Å²) in [6, 6.07) is 13.1. The molecule has 0 aliphatic heterocycles. The number of rotatable bonds is 2. The number of amides is 1. The number of carbonyl (C=O) groups is 1. The van der Waals surface area contributed by atoms with Gasteiger partial charge in [-0.1, -0.05) is 42.2 Å². The van der Waals surface area contributed by atoms with Crippen molar-refractivity contribution in [1.29, 1.82) is 0 Å². The lowest BCUT2D eigenvalue weighted by atomic mass is 10.0.